The van der Waals surface area contributed by atoms with E-state index in [9.17, 15) is 14.7 Å². The van der Waals surface area contributed by atoms with Crippen LogP contribution in [0.5, 0.6) is 0 Å². The number of aryl methyl sites for hydroxylation is 1. The molecule has 8 nitrogen and oxygen atoms in total. The second-order valence-electron chi connectivity index (χ2n) is 7.50. The minimum absolute atomic E-state index is 0.133. The summed E-state index contributed by atoms with van der Waals surface area (Å²) in [6.07, 6.45) is 6.70. The summed E-state index contributed by atoms with van der Waals surface area (Å²) < 4.78 is 10.1. The van der Waals surface area contributed by atoms with Crippen LogP contribution in [-0.4, -0.2) is 79.0 Å². The van der Waals surface area contributed by atoms with Crippen LogP contribution >= 0.6 is 11.3 Å². The van der Waals surface area contributed by atoms with Crippen molar-refractivity contribution in [3.63, 3.8) is 0 Å². The number of allylic oxidation sites excluding steroid dienone is 2. The summed E-state index contributed by atoms with van der Waals surface area (Å²) in [4.78, 5) is 32.1. The van der Waals surface area contributed by atoms with Gasteiger partial charge in [0, 0.05) is 37.4 Å². The Hall–Kier alpha value is -2.07. The number of amides is 2. The fourth-order valence-corrected chi connectivity index (χ4v) is 4.58. The van der Waals surface area contributed by atoms with Crippen LogP contribution in [0, 0.1) is 6.92 Å². The lowest BCUT2D eigenvalue weighted by atomic mass is 9.94. The molecule has 2 N–H and O–H groups in total. The van der Waals surface area contributed by atoms with Gasteiger partial charge < -0.3 is 24.8 Å². The lowest BCUT2D eigenvalue weighted by Gasteiger charge is -2.24. The van der Waals surface area contributed by atoms with E-state index in [1.54, 1.807) is 18.4 Å². The third-order valence-electron chi connectivity index (χ3n) is 5.32. The number of nitrogens with one attached hydrogen (secondary N) is 1. The van der Waals surface area contributed by atoms with Gasteiger partial charge in [-0.15, -0.1) is 11.3 Å². The van der Waals surface area contributed by atoms with Crippen molar-refractivity contribution in [2.45, 2.75) is 37.8 Å². The largest absolute Gasteiger partial charge is 0.391 e. The summed E-state index contributed by atoms with van der Waals surface area (Å²) >= 11 is 1.66. The molecule has 164 valence electrons. The minimum atomic E-state index is -0.708. The third kappa shape index (κ3) is 5.75. The van der Waals surface area contributed by atoms with Crippen molar-refractivity contribution in [2.24, 2.45) is 0 Å². The van der Waals surface area contributed by atoms with E-state index in [1.807, 2.05) is 18.5 Å². The highest BCUT2D eigenvalue weighted by atomic mass is 32.1. The van der Waals surface area contributed by atoms with E-state index in [-0.39, 0.29) is 31.4 Å². The molecule has 3 rings (SSSR count). The van der Waals surface area contributed by atoms with Crippen LogP contribution in [0.25, 0.3) is 0 Å². The zero-order valence-corrected chi connectivity index (χ0v) is 18.2. The summed E-state index contributed by atoms with van der Waals surface area (Å²) in [7, 11) is 1.56. The van der Waals surface area contributed by atoms with Crippen molar-refractivity contribution in [1.29, 1.82) is 0 Å². The first-order valence-corrected chi connectivity index (χ1v) is 11.0. The van der Waals surface area contributed by atoms with E-state index in [2.05, 4.69) is 22.5 Å². The van der Waals surface area contributed by atoms with Gasteiger partial charge in [-0.2, -0.15) is 0 Å². The Balaban J connectivity index is 1.49. The van der Waals surface area contributed by atoms with Crippen LogP contribution in [0.4, 0.5) is 0 Å². The van der Waals surface area contributed by atoms with Gasteiger partial charge in [0.2, 0.25) is 11.8 Å². The predicted octanol–water partition coefficient (Wildman–Crippen LogP) is 1.16. The van der Waals surface area contributed by atoms with Crippen LogP contribution in [0.15, 0.2) is 29.3 Å². The number of aromatic nitrogens is 1. The number of aliphatic hydroxyl groups is 1. The second-order valence-corrected chi connectivity index (χ2v) is 8.38. The predicted molar refractivity (Wildman–Crippen MR) is 113 cm³/mol. The molecule has 3 atom stereocenters. The topological polar surface area (TPSA) is 101 Å². The number of likely N-dealkylation sites (tertiary alicyclic amines) is 1. The number of carbonyl (C=O) groups is 2. The molecule has 1 saturated heterocycles. The molecule has 0 spiro atoms. The Kier molecular flexibility index (Phi) is 8.15. The zero-order valence-electron chi connectivity index (χ0n) is 17.4. The van der Waals surface area contributed by atoms with E-state index in [1.165, 1.54) is 9.78 Å². The van der Waals surface area contributed by atoms with Crippen molar-refractivity contribution in [1.82, 2.24) is 15.2 Å². The molecule has 0 bridgehead atoms. The van der Waals surface area contributed by atoms with Gasteiger partial charge in [-0.3, -0.25) is 9.59 Å². The fraction of sp³-hybridized carbons (Fsp3) is 0.571. The van der Waals surface area contributed by atoms with Gasteiger partial charge in [0.15, 0.2) is 0 Å². The summed E-state index contributed by atoms with van der Waals surface area (Å²) in [5, 5.41) is 12.9. The maximum Gasteiger partial charge on any atom is 0.249 e. The minimum Gasteiger partial charge on any atom is -0.391 e. The number of methoxy groups -OCH3 is 1. The van der Waals surface area contributed by atoms with Crippen molar-refractivity contribution in [2.75, 3.05) is 40.0 Å². The number of rotatable bonds is 9. The Morgan fingerprint density at radius 1 is 1.40 bits per heavy atom. The third-order valence-corrected chi connectivity index (χ3v) is 6.38. The number of aliphatic hydroxyl groups excluding tert-OH is 1. The molecule has 2 heterocycles. The number of carbonyl (C=O) groups excluding carboxylic acids is 2. The molecular weight excluding hydrogens is 406 g/mol. The van der Waals surface area contributed by atoms with Crippen molar-refractivity contribution in [3.8, 4) is 0 Å². The highest BCUT2D eigenvalue weighted by Gasteiger charge is 2.38. The van der Waals surface area contributed by atoms with E-state index < -0.39 is 12.1 Å². The van der Waals surface area contributed by atoms with Gasteiger partial charge in [0.25, 0.3) is 0 Å². The average Bonchev–Trinajstić information content (AvgIpc) is 3.35. The maximum atomic E-state index is 12.7. The van der Waals surface area contributed by atoms with Crippen LogP contribution < -0.4 is 5.32 Å². The first-order valence-electron chi connectivity index (χ1n) is 10.1. The molecule has 0 saturated carbocycles. The standard InChI is InChI=1S/C21H29N3O5S/c1-14-20(30-13-23-14)16-5-3-15(4-6-16)10-22-21(27)18-9-17(25)11-24(18)19(26)12-29-8-7-28-2/h3-5,13,16-18,25H,6-12H2,1-2H3,(H,22,27)/t16?,17-,18+/m1/s1. The number of β-amino-alcohol motifs (C(OH)–C–C–N with tert-alkyl or cyclic N) is 1. The molecule has 1 aliphatic carbocycles. The number of thiazole rings is 1. The Bertz CT molecular complexity index is 806. The van der Waals surface area contributed by atoms with Crippen LogP contribution in [-0.2, 0) is 19.1 Å². The van der Waals surface area contributed by atoms with Gasteiger partial charge in [0.05, 0.1) is 30.5 Å². The molecule has 1 aromatic heterocycles. The molecule has 1 aliphatic heterocycles. The lowest BCUT2D eigenvalue weighted by Crippen LogP contribution is -2.47. The quantitative estimate of drug-likeness (QED) is 0.565. The molecule has 1 fully saturated rings. The number of hydrogen-bond acceptors (Lipinski definition) is 7. The highest BCUT2D eigenvalue weighted by Crippen LogP contribution is 2.31. The van der Waals surface area contributed by atoms with Gasteiger partial charge >= 0.3 is 0 Å². The summed E-state index contributed by atoms with van der Waals surface area (Å²) in [5.41, 5.74) is 3.96. The first kappa shape index (κ1) is 22.6. The van der Waals surface area contributed by atoms with Crippen molar-refractivity contribution >= 4 is 23.2 Å². The zero-order chi connectivity index (χ0) is 21.5. The lowest BCUT2D eigenvalue weighted by molar-refractivity contribution is -0.142. The fourth-order valence-electron chi connectivity index (χ4n) is 3.69. The van der Waals surface area contributed by atoms with E-state index in [0.717, 1.165) is 17.7 Å². The monoisotopic (exact) mass is 435 g/mol. The van der Waals surface area contributed by atoms with Crippen LogP contribution in [0.2, 0.25) is 0 Å². The van der Waals surface area contributed by atoms with Gasteiger partial charge in [0.1, 0.15) is 12.6 Å². The number of nitrogens with zero attached hydrogens (tertiary/aromatic N) is 2. The molecule has 9 heteroatoms. The SMILES string of the molecule is COCCOCC(=O)N1C[C@H](O)C[C@H]1C(=O)NCC1=CCC(c2scnc2C)C=C1. The molecule has 2 aliphatic rings. The second kappa shape index (κ2) is 10.8. The molecule has 1 unspecified atom stereocenters. The Labute approximate surface area is 180 Å². The molecule has 0 aromatic carbocycles. The molecular formula is C21H29N3O5S. The summed E-state index contributed by atoms with van der Waals surface area (Å²) in [6, 6.07) is -0.681. The van der Waals surface area contributed by atoms with E-state index in [0.29, 0.717) is 25.7 Å². The normalized spacial score (nSPS) is 23.5. The van der Waals surface area contributed by atoms with Gasteiger partial charge in [-0.05, 0) is 18.9 Å². The molecule has 30 heavy (non-hydrogen) atoms. The Morgan fingerprint density at radius 2 is 2.23 bits per heavy atom. The van der Waals surface area contributed by atoms with E-state index >= 15 is 0 Å². The molecule has 0 radical (unpaired) electrons. The first-order chi connectivity index (χ1) is 14.5. The molecule has 1 aromatic rings. The van der Waals surface area contributed by atoms with Crippen molar-refractivity contribution in [3.05, 3.63) is 39.9 Å². The highest BCUT2D eigenvalue weighted by molar-refractivity contribution is 7.09. The van der Waals surface area contributed by atoms with Crippen LogP contribution in [0.1, 0.15) is 29.3 Å². The van der Waals surface area contributed by atoms with Gasteiger partial charge in [-0.25, -0.2) is 4.98 Å². The van der Waals surface area contributed by atoms with Crippen molar-refractivity contribution < 1.29 is 24.2 Å². The number of hydrogen-bond donors (Lipinski definition) is 2. The van der Waals surface area contributed by atoms with E-state index in [4.69, 9.17) is 9.47 Å². The molecule has 2 amide bonds. The maximum absolute atomic E-state index is 12.7. The summed E-state index contributed by atoms with van der Waals surface area (Å²) in [5.74, 6) is -0.234. The summed E-state index contributed by atoms with van der Waals surface area (Å²) in [6.45, 7) is 3.12. The Morgan fingerprint density at radius 3 is 2.90 bits per heavy atom. The van der Waals surface area contributed by atoms with Crippen LogP contribution in [0.3, 0.4) is 0 Å². The smallest absolute Gasteiger partial charge is 0.249 e. The number of ether oxygens (including phenoxy) is 2. The van der Waals surface area contributed by atoms with Gasteiger partial charge in [-0.1, -0.05) is 18.2 Å². The average molecular weight is 436 g/mol.